The van der Waals surface area contributed by atoms with E-state index in [0.717, 1.165) is 44.9 Å². The van der Waals surface area contributed by atoms with Gasteiger partial charge in [0.2, 0.25) is 5.91 Å². The fourth-order valence-corrected chi connectivity index (χ4v) is 9.67. The maximum atomic E-state index is 13.0. The van der Waals surface area contributed by atoms with Gasteiger partial charge in [-0.2, -0.15) is 0 Å². The summed E-state index contributed by atoms with van der Waals surface area (Å²) in [6.07, 6.45) is 70.7. The number of carbonyl (C=O) groups excluding carboxylic acids is 1. The number of likely N-dealkylation sites (N-methyl/N-ethyl adjacent to an activating group) is 1. The van der Waals surface area contributed by atoms with Gasteiger partial charge in [-0.25, -0.2) is 0 Å². The number of hydrogen-bond acceptors (Lipinski definition) is 6. The highest BCUT2D eigenvalue weighted by atomic mass is 31.2. The number of hydrogen-bond donors (Lipinski definition) is 2. The molecule has 71 heavy (non-hydrogen) atoms. The van der Waals surface area contributed by atoms with E-state index < -0.39 is 26.6 Å². The van der Waals surface area contributed by atoms with Gasteiger partial charge >= 0.3 is 0 Å². The topological polar surface area (TPSA) is 108 Å². The molecule has 3 unspecified atom stereocenters. The Bertz CT molecular complexity index is 1290. The lowest BCUT2D eigenvalue weighted by Gasteiger charge is -2.29. The Labute approximate surface area is 441 Å². The average molecular weight is 1020 g/mol. The molecule has 0 radical (unpaired) electrons. The van der Waals surface area contributed by atoms with Crippen molar-refractivity contribution in [2.75, 3.05) is 40.9 Å². The summed E-state index contributed by atoms with van der Waals surface area (Å²) in [7, 11) is 1.24. The minimum Gasteiger partial charge on any atom is -0.756 e. The molecule has 0 aromatic rings. The van der Waals surface area contributed by atoms with Crippen LogP contribution in [0.15, 0.2) is 48.6 Å². The summed E-state index contributed by atoms with van der Waals surface area (Å²) >= 11 is 0. The predicted molar refractivity (Wildman–Crippen MR) is 307 cm³/mol. The molecule has 0 saturated carbocycles. The van der Waals surface area contributed by atoms with Gasteiger partial charge in [-0.15, -0.1) is 0 Å². The Hall–Kier alpha value is -1.54. The first-order valence-corrected chi connectivity index (χ1v) is 32.0. The molecule has 0 fully saturated rings. The number of nitrogens with zero attached hydrogens (tertiary/aromatic N) is 1. The molecule has 9 heteroatoms. The standard InChI is InChI=1S/C62H119N2O6P/c1-6-8-10-12-14-16-18-20-22-24-26-27-28-29-30-31-32-33-34-35-36-38-40-42-44-46-48-50-52-54-56-62(66)63-60(59-70-71(67,68)69-58-57-64(3,4)5)61(65)55-53-51-49-47-45-43-41-39-37-25-23-21-19-17-15-13-11-9-7-2/h29-30,37,39,45,47,53,55,60-61,65H,6-28,31-36,38,40-44,46,48-52,54,56-59H2,1-5H3,(H-,63,66,67,68)/b30-29-,39-37+,47-45+,55-53+. The van der Waals surface area contributed by atoms with Crippen molar-refractivity contribution < 1.29 is 32.9 Å². The second-order valence-corrected chi connectivity index (χ2v) is 23.4. The molecule has 0 rings (SSSR count). The number of amides is 1. The van der Waals surface area contributed by atoms with Crippen LogP contribution in [0.5, 0.6) is 0 Å². The van der Waals surface area contributed by atoms with E-state index in [1.54, 1.807) is 6.08 Å². The Morgan fingerprint density at radius 3 is 1.14 bits per heavy atom. The molecule has 0 aromatic carbocycles. The Morgan fingerprint density at radius 1 is 0.479 bits per heavy atom. The lowest BCUT2D eigenvalue weighted by Crippen LogP contribution is -2.45. The summed E-state index contributed by atoms with van der Waals surface area (Å²) < 4.78 is 23.3. The fraction of sp³-hybridized carbons (Fsp3) is 0.855. The highest BCUT2D eigenvalue weighted by molar-refractivity contribution is 7.45. The zero-order valence-corrected chi connectivity index (χ0v) is 48.6. The lowest BCUT2D eigenvalue weighted by atomic mass is 10.0. The second kappa shape index (κ2) is 53.3. The first kappa shape index (κ1) is 69.5. The Kier molecular flexibility index (Phi) is 52.1. The van der Waals surface area contributed by atoms with Crippen molar-refractivity contribution in [1.82, 2.24) is 5.32 Å². The maximum absolute atomic E-state index is 13.0. The molecule has 0 aliphatic carbocycles. The summed E-state index contributed by atoms with van der Waals surface area (Å²) in [5.41, 5.74) is 0. The van der Waals surface area contributed by atoms with E-state index >= 15 is 0 Å². The van der Waals surface area contributed by atoms with Crippen LogP contribution in [0, 0.1) is 0 Å². The first-order chi connectivity index (χ1) is 34.5. The van der Waals surface area contributed by atoms with Crippen molar-refractivity contribution >= 4 is 13.7 Å². The van der Waals surface area contributed by atoms with Crippen molar-refractivity contribution in [2.45, 2.75) is 302 Å². The van der Waals surface area contributed by atoms with Crippen LogP contribution >= 0.6 is 7.82 Å². The van der Waals surface area contributed by atoms with Gasteiger partial charge in [0.15, 0.2) is 0 Å². The molecular weight excluding hydrogens is 900 g/mol. The number of carbonyl (C=O) groups is 1. The molecule has 0 heterocycles. The highest BCUT2D eigenvalue weighted by Gasteiger charge is 2.23. The minimum absolute atomic E-state index is 0.00887. The molecule has 418 valence electrons. The van der Waals surface area contributed by atoms with Crippen molar-refractivity contribution in [3.05, 3.63) is 48.6 Å². The quantitative estimate of drug-likeness (QED) is 0.0272. The molecular formula is C62H119N2O6P. The molecule has 0 spiro atoms. The number of rotatable bonds is 56. The van der Waals surface area contributed by atoms with Crippen LogP contribution in [0.25, 0.3) is 0 Å². The minimum atomic E-state index is -4.61. The molecule has 0 aliphatic rings. The van der Waals surface area contributed by atoms with Crippen LogP contribution in [-0.4, -0.2) is 68.5 Å². The van der Waals surface area contributed by atoms with Gasteiger partial charge in [-0.05, 0) is 70.6 Å². The smallest absolute Gasteiger partial charge is 0.268 e. The molecule has 8 nitrogen and oxygen atoms in total. The number of allylic oxidation sites excluding steroid dienone is 7. The molecule has 1 amide bonds. The van der Waals surface area contributed by atoms with E-state index in [0.29, 0.717) is 17.4 Å². The second-order valence-electron chi connectivity index (χ2n) is 22.0. The van der Waals surface area contributed by atoms with Gasteiger partial charge < -0.3 is 28.8 Å². The number of aliphatic hydroxyl groups is 1. The predicted octanol–water partition coefficient (Wildman–Crippen LogP) is 18.1. The number of phosphoric ester groups is 1. The third-order valence-electron chi connectivity index (χ3n) is 13.7. The molecule has 3 atom stereocenters. The number of phosphoric acid groups is 1. The van der Waals surface area contributed by atoms with Gasteiger partial charge in [0.1, 0.15) is 13.2 Å². The summed E-state index contributed by atoms with van der Waals surface area (Å²) in [5.74, 6) is -0.208. The van der Waals surface area contributed by atoms with Crippen LogP contribution in [0.1, 0.15) is 290 Å². The van der Waals surface area contributed by atoms with Crippen LogP contribution in [-0.2, 0) is 18.4 Å². The van der Waals surface area contributed by atoms with E-state index in [4.69, 9.17) is 9.05 Å². The SMILES string of the molecule is CCCCCCCCCCC/C=C/CC/C=C/CC/C=C/C(O)C(COP(=O)([O-])OCC[N+](C)(C)C)NC(=O)CCCCCCCCCCCCCCCC/C=C\CCCCCCCCCCCCCC. The Morgan fingerprint density at radius 2 is 0.789 bits per heavy atom. The normalized spacial score (nSPS) is 14.2. The van der Waals surface area contributed by atoms with Crippen molar-refractivity contribution in [1.29, 1.82) is 0 Å². The van der Waals surface area contributed by atoms with Gasteiger partial charge in [0, 0.05) is 6.42 Å². The van der Waals surface area contributed by atoms with Crippen molar-refractivity contribution in [2.24, 2.45) is 0 Å². The van der Waals surface area contributed by atoms with E-state index in [2.05, 4.69) is 55.6 Å². The summed E-state index contributed by atoms with van der Waals surface area (Å²) in [4.78, 5) is 25.5. The highest BCUT2D eigenvalue weighted by Crippen LogP contribution is 2.38. The van der Waals surface area contributed by atoms with Crippen LogP contribution in [0.4, 0.5) is 0 Å². The van der Waals surface area contributed by atoms with E-state index in [1.807, 2.05) is 27.2 Å². The lowest BCUT2D eigenvalue weighted by molar-refractivity contribution is -0.870. The van der Waals surface area contributed by atoms with Crippen molar-refractivity contribution in [3.63, 3.8) is 0 Å². The molecule has 0 saturated heterocycles. The number of quaternary nitrogens is 1. The third-order valence-corrected chi connectivity index (χ3v) is 14.7. The van der Waals surface area contributed by atoms with Crippen LogP contribution in [0.3, 0.4) is 0 Å². The van der Waals surface area contributed by atoms with E-state index in [9.17, 15) is 19.4 Å². The monoisotopic (exact) mass is 1020 g/mol. The van der Waals surface area contributed by atoms with Gasteiger partial charge in [-0.3, -0.25) is 9.36 Å². The molecule has 0 aromatic heterocycles. The largest absolute Gasteiger partial charge is 0.756 e. The third kappa shape index (κ3) is 56.0. The summed E-state index contributed by atoms with van der Waals surface area (Å²) in [6, 6.07) is -0.910. The van der Waals surface area contributed by atoms with Gasteiger partial charge in [0.05, 0.1) is 39.9 Å². The Balaban J connectivity index is 4.15. The molecule has 2 N–H and O–H groups in total. The summed E-state index contributed by atoms with van der Waals surface area (Å²) in [5, 5.41) is 13.9. The fourth-order valence-electron chi connectivity index (χ4n) is 8.95. The number of unbranched alkanes of at least 4 members (excludes halogenated alkanes) is 37. The summed E-state index contributed by atoms with van der Waals surface area (Å²) in [6.45, 7) is 4.65. The van der Waals surface area contributed by atoms with Crippen molar-refractivity contribution in [3.8, 4) is 0 Å². The maximum Gasteiger partial charge on any atom is 0.268 e. The van der Waals surface area contributed by atoms with E-state index in [1.165, 1.54) is 225 Å². The zero-order valence-electron chi connectivity index (χ0n) is 47.7. The molecule has 0 aliphatic heterocycles. The van der Waals surface area contributed by atoms with Crippen LogP contribution < -0.4 is 10.2 Å². The number of aliphatic hydroxyl groups excluding tert-OH is 1. The average Bonchev–Trinajstić information content (AvgIpc) is 3.33. The van der Waals surface area contributed by atoms with Gasteiger partial charge in [0.25, 0.3) is 7.82 Å². The van der Waals surface area contributed by atoms with E-state index in [-0.39, 0.29) is 12.5 Å². The molecule has 0 bridgehead atoms. The van der Waals surface area contributed by atoms with Gasteiger partial charge in [-0.1, -0.05) is 262 Å². The number of nitrogens with one attached hydrogen (secondary N) is 1. The zero-order chi connectivity index (χ0) is 52.0. The first-order valence-electron chi connectivity index (χ1n) is 30.5. The van der Waals surface area contributed by atoms with Crippen LogP contribution in [0.2, 0.25) is 0 Å².